The highest BCUT2D eigenvalue weighted by molar-refractivity contribution is 14.0. The summed E-state index contributed by atoms with van der Waals surface area (Å²) in [4.78, 5) is 4.25. The van der Waals surface area contributed by atoms with E-state index in [1.165, 1.54) is 11.1 Å². The Labute approximate surface area is 167 Å². The maximum atomic E-state index is 5.42. The lowest BCUT2D eigenvalue weighted by Gasteiger charge is -2.13. The summed E-state index contributed by atoms with van der Waals surface area (Å²) in [7, 11) is 3.50. The molecular weight excluding hydrogens is 429 g/mol. The summed E-state index contributed by atoms with van der Waals surface area (Å²) < 4.78 is 7.35. The molecule has 0 atom stereocenters. The van der Waals surface area contributed by atoms with Crippen molar-refractivity contribution in [2.45, 2.75) is 26.3 Å². The normalized spacial score (nSPS) is 10.9. The molecule has 2 aromatic rings. The summed E-state index contributed by atoms with van der Waals surface area (Å²) in [5, 5.41) is 10.9. The van der Waals surface area contributed by atoms with Crippen LogP contribution in [0.4, 0.5) is 0 Å². The summed E-state index contributed by atoms with van der Waals surface area (Å²) >= 11 is 0. The number of halogens is 1. The molecule has 0 amide bonds. The first-order valence-corrected chi connectivity index (χ1v) is 8.28. The van der Waals surface area contributed by atoms with Crippen molar-refractivity contribution in [3.63, 3.8) is 0 Å². The zero-order chi connectivity index (χ0) is 17.2. The number of aromatic nitrogens is 2. The molecule has 1 aromatic heterocycles. The number of guanidine groups is 1. The third kappa shape index (κ3) is 7.33. The Kier molecular flexibility index (Phi) is 9.98. The van der Waals surface area contributed by atoms with Crippen LogP contribution in [0.25, 0.3) is 0 Å². The van der Waals surface area contributed by atoms with E-state index < -0.39 is 0 Å². The van der Waals surface area contributed by atoms with E-state index in [1.807, 2.05) is 23.0 Å². The van der Waals surface area contributed by atoms with Gasteiger partial charge in [-0.15, -0.1) is 24.0 Å². The van der Waals surface area contributed by atoms with Crippen molar-refractivity contribution in [2.75, 3.05) is 27.2 Å². The van der Waals surface area contributed by atoms with Gasteiger partial charge < -0.3 is 15.4 Å². The molecule has 0 aliphatic heterocycles. The molecule has 0 saturated heterocycles. The van der Waals surface area contributed by atoms with Crippen LogP contribution in [0.3, 0.4) is 0 Å². The summed E-state index contributed by atoms with van der Waals surface area (Å²) in [6.07, 6.45) is 5.66. The highest BCUT2D eigenvalue weighted by Gasteiger charge is 2.04. The van der Waals surface area contributed by atoms with E-state index in [1.54, 1.807) is 20.4 Å². The average Bonchev–Trinajstić information content (AvgIpc) is 3.10. The van der Waals surface area contributed by atoms with Crippen molar-refractivity contribution >= 4 is 29.9 Å². The molecular formula is C18H28IN5O. The fraction of sp³-hybridized carbons (Fsp3) is 0.444. The number of hydrogen-bond donors (Lipinski definition) is 2. The van der Waals surface area contributed by atoms with E-state index in [4.69, 9.17) is 4.74 Å². The van der Waals surface area contributed by atoms with Gasteiger partial charge in [-0.1, -0.05) is 17.7 Å². The van der Waals surface area contributed by atoms with E-state index in [0.29, 0.717) is 0 Å². The zero-order valence-corrected chi connectivity index (χ0v) is 17.5. The van der Waals surface area contributed by atoms with Gasteiger partial charge in [-0.05, 0) is 37.5 Å². The number of methoxy groups -OCH3 is 1. The predicted molar refractivity (Wildman–Crippen MR) is 113 cm³/mol. The Morgan fingerprint density at radius 1 is 1.28 bits per heavy atom. The number of rotatable bonds is 8. The molecule has 0 unspecified atom stereocenters. The Balaban J connectivity index is 0.00000312. The van der Waals surface area contributed by atoms with Crippen LogP contribution >= 0.6 is 24.0 Å². The van der Waals surface area contributed by atoms with Crippen LogP contribution in [-0.2, 0) is 13.0 Å². The number of hydrogen-bond acceptors (Lipinski definition) is 3. The fourth-order valence-electron chi connectivity index (χ4n) is 2.52. The average molecular weight is 457 g/mol. The second-order valence-electron chi connectivity index (χ2n) is 5.61. The largest absolute Gasteiger partial charge is 0.496 e. The third-order valence-corrected chi connectivity index (χ3v) is 3.76. The van der Waals surface area contributed by atoms with Gasteiger partial charge >= 0.3 is 0 Å². The predicted octanol–water partition coefficient (Wildman–Crippen LogP) is 2.62. The molecule has 2 N–H and O–H groups in total. The zero-order valence-electron chi connectivity index (χ0n) is 15.2. The summed E-state index contributed by atoms with van der Waals surface area (Å²) in [5.74, 6) is 1.76. The third-order valence-electron chi connectivity index (χ3n) is 3.76. The fourth-order valence-corrected chi connectivity index (χ4v) is 2.52. The second-order valence-corrected chi connectivity index (χ2v) is 5.61. The summed E-state index contributed by atoms with van der Waals surface area (Å²) in [5.41, 5.74) is 2.45. The Bertz CT molecular complexity index is 643. The van der Waals surface area contributed by atoms with Crippen LogP contribution in [0.15, 0.2) is 41.7 Å². The van der Waals surface area contributed by atoms with Crippen molar-refractivity contribution in [1.82, 2.24) is 20.4 Å². The SMILES string of the molecule is CN=C(NCCCn1cccn1)NCCc1cc(C)ccc1OC.I. The number of aliphatic imine (C=N–C) groups is 1. The van der Waals surface area contributed by atoms with E-state index >= 15 is 0 Å². The Morgan fingerprint density at radius 3 is 2.76 bits per heavy atom. The van der Waals surface area contributed by atoms with Crippen LogP contribution in [0.5, 0.6) is 5.75 Å². The van der Waals surface area contributed by atoms with Crippen molar-refractivity contribution in [1.29, 1.82) is 0 Å². The summed E-state index contributed by atoms with van der Waals surface area (Å²) in [6, 6.07) is 8.19. The molecule has 0 fully saturated rings. The van der Waals surface area contributed by atoms with Crippen molar-refractivity contribution in [3.05, 3.63) is 47.8 Å². The highest BCUT2D eigenvalue weighted by Crippen LogP contribution is 2.19. The second kappa shape index (κ2) is 11.7. The van der Waals surface area contributed by atoms with E-state index in [2.05, 4.69) is 39.8 Å². The van der Waals surface area contributed by atoms with Crippen molar-refractivity contribution in [2.24, 2.45) is 4.99 Å². The number of ether oxygens (including phenoxy) is 1. The molecule has 1 heterocycles. The Hall–Kier alpha value is -1.77. The minimum absolute atomic E-state index is 0. The van der Waals surface area contributed by atoms with Gasteiger partial charge in [0.2, 0.25) is 0 Å². The lowest BCUT2D eigenvalue weighted by Crippen LogP contribution is -2.39. The van der Waals surface area contributed by atoms with Gasteiger partial charge in [0.05, 0.1) is 7.11 Å². The van der Waals surface area contributed by atoms with E-state index in [0.717, 1.165) is 44.2 Å². The lowest BCUT2D eigenvalue weighted by molar-refractivity contribution is 0.409. The molecule has 0 aliphatic rings. The van der Waals surface area contributed by atoms with Crippen LogP contribution in [0.1, 0.15) is 17.5 Å². The molecule has 7 heteroatoms. The first kappa shape index (κ1) is 21.3. The van der Waals surface area contributed by atoms with Gasteiger partial charge in [0.25, 0.3) is 0 Å². The highest BCUT2D eigenvalue weighted by atomic mass is 127. The molecule has 25 heavy (non-hydrogen) atoms. The van der Waals surface area contributed by atoms with Gasteiger partial charge in [-0.3, -0.25) is 9.67 Å². The van der Waals surface area contributed by atoms with Crippen LogP contribution < -0.4 is 15.4 Å². The molecule has 0 radical (unpaired) electrons. The molecule has 0 saturated carbocycles. The maximum absolute atomic E-state index is 5.42. The molecule has 0 spiro atoms. The smallest absolute Gasteiger partial charge is 0.190 e. The first-order chi connectivity index (χ1) is 11.7. The van der Waals surface area contributed by atoms with Crippen molar-refractivity contribution in [3.8, 4) is 5.75 Å². The quantitative estimate of drug-likeness (QED) is 0.277. The van der Waals surface area contributed by atoms with Crippen LogP contribution in [0, 0.1) is 6.92 Å². The maximum Gasteiger partial charge on any atom is 0.190 e. The van der Waals surface area contributed by atoms with Gasteiger partial charge in [0.15, 0.2) is 5.96 Å². The Morgan fingerprint density at radius 2 is 2.08 bits per heavy atom. The first-order valence-electron chi connectivity index (χ1n) is 8.28. The van der Waals surface area contributed by atoms with Crippen molar-refractivity contribution < 1.29 is 4.74 Å². The number of nitrogens with zero attached hydrogens (tertiary/aromatic N) is 3. The molecule has 2 rings (SSSR count). The van der Waals surface area contributed by atoms with Gasteiger partial charge in [-0.25, -0.2) is 0 Å². The van der Waals surface area contributed by atoms with Gasteiger partial charge in [-0.2, -0.15) is 5.10 Å². The summed E-state index contributed by atoms with van der Waals surface area (Å²) in [6.45, 7) is 4.65. The van der Waals surface area contributed by atoms with E-state index in [-0.39, 0.29) is 24.0 Å². The van der Waals surface area contributed by atoms with Crippen LogP contribution in [0.2, 0.25) is 0 Å². The molecule has 1 aromatic carbocycles. The lowest BCUT2D eigenvalue weighted by atomic mass is 10.1. The standard InChI is InChI=1S/C18H27N5O.HI/c1-15-6-7-17(24-3)16(14-15)8-11-21-18(19-2)20-9-4-12-23-13-5-10-22-23;/h5-7,10,13-14H,4,8-9,11-12H2,1-3H3,(H2,19,20,21);1H. The van der Waals surface area contributed by atoms with Crippen LogP contribution in [-0.4, -0.2) is 43.0 Å². The molecule has 0 aliphatic carbocycles. The van der Waals surface area contributed by atoms with Gasteiger partial charge in [0, 0.05) is 39.1 Å². The molecule has 0 bridgehead atoms. The van der Waals surface area contributed by atoms with E-state index in [9.17, 15) is 0 Å². The molecule has 138 valence electrons. The monoisotopic (exact) mass is 457 g/mol. The number of nitrogens with one attached hydrogen (secondary N) is 2. The number of aryl methyl sites for hydroxylation is 2. The minimum Gasteiger partial charge on any atom is -0.496 e. The molecule has 6 nitrogen and oxygen atoms in total. The minimum atomic E-state index is 0. The topological polar surface area (TPSA) is 63.5 Å². The van der Waals surface area contributed by atoms with Gasteiger partial charge in [0.1, 0.15) is 5.75 Å². The number of benzene rings is 1.